The van der Waals surface area contributed by atoms with Crippen LogP contribution in [0.1, 0.15) is 27.2 Å². The van der Waals surface area contributed by atoms with Gasteiger partial charge < -0.3 is 10.4 Å². The number of likely N-dealkylation sites (N-methyl/N-ethyl adjacent to an activating group) is 1. The van der Waals surface area contributed by atoms with Gasteiger partial charge >= 0.3 is 0 Å². The predicted octanol–water partition coefficient (Wildman–Crippen LogP) is 1.00. The first kappa shape index (κ1) is 9.92. The first-order valence-electron chi connectivity index (χ1n) is 3.93. The van der Waals surface area contributed by atoms with Crippen molar-refractivity contribution in [3.05, 3.63) is 0 Å². The van der Waals surface area contributed by atoms with Crippen molar-refractivity contribution < 1.29 is 5.11 Å². The second-order valence-corrected chi connectivity index (χ2v) is 3.27. The molecule has 0 radical (unpaired) electrons. The molecule has 0 rings (SSSR count). The van der Waals surface area contributed by atoms with Gasteiger partial charge in [0.2, 0.25) is 0 Å². The SMILES string of the molecule is CN[C@H](CC(C)C)C(C)O. The summed E-state index contributed by atoms with van der Waals surface area (Å²) in [7, 11) is 1.89. The van der Waals surface area contributed by atoms with Gasteiger partial charge in [0.15, 0.2) is 0 Å². The van der Waals surface area contributed by atoms with E-state index in [0.29, 0.717) is 5.92 Å². The lowest BCUT2D eigenvalue weighted by Crippen LogP contribution is -2.36. The maximum Gasteiger partial charge on any atom is 0.0665 e. The van der Waals surface area contributed by atoms with Crippen LogP contribution in [-0.4, -0.2) is 24.3 Å². The smallest absolute Gasteiger partial charge is 0.0665 e. The molecule has 0 amide bonds. The summed E-state index contributed by atoms with van der Waals surface area (Å²) in [5.74, 6) is 0.645. The van der Waals surface area contributed by atoms with Crippen molar-refractivity contribution in [2.75, 3.05) is 7.05 Å². The maximum absolute atomic E-state index is 9.20. The van der Waals surface area contributed by atoms with Gasteiger partial charge in [0.1, 0.15) is 0 Å². The molecule has 0 bridgehead atoms. The number of nitrogens with one attached hydrogen (secondary N) is 1. The zero-order valence-corrected chi connectivity index (χ0v) is 7.39. The van der Waals surface area contributed by atoms with Crippen LogP contribution in [0.3, 0.4) is 0 Å². The van der Waals surface area contributed by atoms with Crippen LogP contribution >= 0.6 is 0 Å². The lowest BCUT2D eigenvalue weighted by atomic mass is 10.0. The van der Waals surface area contributed by atoms with Crippen molar-refractivity contribution >= 4 is 0 Å². The average molecular weight is 145 g/mol. The van der Waals surface area contributed by atoms with E-state index in [0.717, 1.165) is 6.42 Å². The second kappa shape index (κ2) is 4.69. The van der Waals surface area contributed by atoms with Crippen LogP contribution in [0.25, 0.3) is 0 Å². The summed E-state index contributed by atoms with van der Waals surface area (Å²) in [5.41, 5.74) is 0. The fourth-order valence-electron chi connectivity index (χ4n) is 1.06. The Morgan fingerprint density at radius 2 is 1.80 bits per heavy atom. The largest absolute Gasteiger partial charge is 0.392 e. The molecule has 1 unspecified atom stereocenters. The Balaban J connectivity index is 3.60. The normalized spacial score (nSPS) is 17.4. The minimum atomic E-state index is -0.243. The predicted molar refractivity (Wildman–Crippen MR) is 44.0 cm³/mol. The summed E-state index contributed by atoms with van der Waals surface area (Å²) < 4.78 is 0. The van der Waals surface area contributed by atoms with Crippen LogP contribution in [0.4, 0.5) is 0 Å². The van der Waals surface area contributed by atoms with Gasteiger partial charge in [-0.2, -0.15) is 0 Å². The van der Waals surface area contributed by atoms with Crippen LogP contribution in [-0.2, 0) is 0 Å². The van der Waals surface area contributed by atoms with Gasteiger partial charge in [-0.1, -0.05) is 13.8 Å². The molecule has 0 aromatic rings. The van der Waals surface area contributed by atoms with Crippen molar-refractivity contribution in [3.8, 4) is 0 Å². The summed E-state index contributed by atoms with van der Waals surface area (Å²) >= 11 is 0. The van der Waals surface area contributed by atoms with E-state index in [1.165, 1.54) is 0 Å². The van der Waals surface area contributed by atoms with Crippen LogP contribution in [0.15, 0.2) is 0 Å². The van der Waals surface area contributed by atoms with Crippen LogP contribution < -0.4 is 5.32 Å². The molecule has 2 atom stereocenters. The number of aliphatic hydroxyl groups is 1. The Bertz CT molecular complexity index is 81.3. The third-order valence-corrected chi connectivity index (χ3v) is 1.68. The van der Waals surface area contributed by atoms with E-state index in [9.17, 15) is 5.11 Å². The third-order valence-electron chi connectivity index (χ3n) is 1.68. The molecule has 0 fully saturated rings. The first-order chi connectivity index (χ1) is 4.57. The Morgan fingerprint density at radius 1 is 1.30 bits per heavy atom. The van der Waals surface area contributed by atoms with Crippen molar-refractivity contribution in [2.45, 2.75) is 39.3 Å². The van der Waals surface area contributed by atoms with E-state index in [-0.39, 0.29) is 12.1 Å². The molecular weight excluding hydrogens is 126 g/mol. The summed E-state index contributed by atoms with van der Waals surface area (Å²) in [6.07, 6.45) is 0.793. The molecule has 0 saturated carbocycles. The number of aliphatic hydroxyl groups excluding tert-OH is 1. The third kappa shape index (κ3) is 3.85. The molecular formula is C8H19NO. The van der Waals surface area contributed by atoms with Crippen LogP contribution in [0.2, 0.25) is 0 Å². The molecule has 0 spiro atoms. The molecule has 0 aliphatic rings. The van der Waals surface area contributed by atoms with Crippen LogP contribution in [0, 0.1) is 5.92 Å². The Labute approximate surface area is 63.6 Å². The summed E-state index contributed by atoms with van der Waals surface area (Å²) in [4.78, 5) is 0. The maximum atomic E-state index is 9.20. The standard InChI is InChI=1S/C8H19NO/c1-6(2)5-8(9-4)7(3)10/h6-10H,5H2,1-4H3/t7?,8-/m1/s1. The number of hydrogen-bond donors (Lipinski definition) is 2. The second-order valence-electron chi connectivity index (χ2n) is 3.27. The highest BCUT2D eigenvalue weighted by Crippen LogP contribution is 2.06. The van der Waals surface area contributed by atoms with Gasteiger partial charge in [-0.3, -0.25) is 0 Å². The zero-order valence-electron chi connectivity index (χ0n) is 7.39. The number of hydrogen-bond acceptors (Lipinski definition) is 2. The quantitative estimate of drug-likeness (QED) is 0.618. The molecule has 0 aliphatic carbocycles. The van der Waals surface area contributed by atoms with Gasteiger partial charge in [-0.05, 0) is 26.3 Å². The zero-order chi connectivity index (χ0) is 8.15. The summed E-state index contributed by atoms with van der Waals surface area (Å²) in [5, 5.41) is 12.3. The minimum Gasteiger partial charge on any atom is -0.392 e. The lowest BCUT2D eigenvalue weighted by Gasteiger charge is -2.20. The number of rotatable bonds is 4. The molecule has 0 aromatic carbocycles. The fourth-order valence-corrected chi connectivity index (χ4v) is 1.06. The van der Waals surface area contributed by atoms with Gasteiger partial charge in [0, 0.05) is 6.04 Å². The molecule has 0 heterocycles. The van der Waals surface area contributed by atoms with Crippen molar-refractivity contribution in [2.24, 2.45) is 5.92 Å². The Kier molecular flexibility index (Phi) is 4.65. The van der Waals surface area contributed by atoms with Gasteiger partial charge in [0.05, 0.1) is 6.10 Å². The molecule has 62 valence electrons. The molecule has 2 heteroatoms. The average Bonchev–Trinajstić information content (AvgIpc) is 1.81. The molecule has 0 saturated heterocycles. The minimum absolute atomic E-state index is 0.243. The highest BCUT2D eigenvalue weighted by atomic mass is 16.3. The van der Waals surface area contributed by atoms with E-state index in [1.807, 2.05) is 14.0 Å². The van der Waals surface area contributed by atoms with E-state index < -0.39 is 0 Å². The fraction of sp³-hybridized carbons (Fsp3) is 1.00. The summed E-state index contributed by atoms with van der Waals surface area (Å²) in [6.45, 7) is 6.14. The summed E-state index contributed by atoms with van der Waals surface area (Å²) in [6, 6.07) is 0.250. The molecule has 10 heavy (non-hydrogen) atoms. The Morgan fingerprint density at radius 3 is 1.90 bits per heavy atom. The topological polar surface area (TPSA) is 32.3 Å². The Hall–Kier alpha value is -0.0800. The highest BCUT2D eigenvalue weighted by Gasteiger charge is 2.12. The first-order valence-corrected chi connectivity index (χ1v) is 3.93. The lowest BCUT2D eigenvalue weighted by molar-refractivity contribution is 0.137. The van der Waals surface area contributed by atoms with E-state index in [4.69, 9.17) is 0 Å². The van der Waals surface area contributed by atoms with E-state index in [1.54, 1.807) is 0 Å². The van der Waals surface area contributed by atoms with Gasteiger partial charge in [-0.15, -0.1) is 0 Å². The van der Waals surface area contributed by atoms with E-state index >= 15 is 0 Å². The van der Waals surface area contributed by atoms with Crippen molar-refractivity contribution in [1.82, 2.24) is 5.32 Å². The van der Waals surface area contributed by atoms with Crippen LogP contribution in [0.5, 0.6) is 0 Å². The van der Waals surface area contributed by atoms with Gasteiger partial charge in [0.25, 0.3) is 0 Å². The highest BCUT2D eigenvalue weighted by molar-refractivity contribution is 4.71. The monoisotopic (exact) mass is 145 g/mol. The molecule has 0 aromatic heterocycles. The molecule has 2 nitrogen and oxygen atoms in total. The van der Waals surface area contributed by atoms with Crippen molar-refractivity contribution in [3.63, 3.8) is 0 Å². The van der Waals surface area contributed by atoms with Gasteiger partial charge in [-0.25, -0.2) is 0 Å². The molecule has 0 aliphatic heterocycles. The van der Waals surface area contributed by atoms with E-state index in [2.05, 4.69) is 19.2 Å². The van der Waals surface area contributed by atoms with Crippen molar-refractivity contribution in [1.29, 1.82) is 0 Å². The molecule has 2 N–H and O–H groups in total.